The molecule has 0 unspecified atom stereocenters. The first-order valence-corrected chi connectivity index (χ1v) is 11.0. The summed E-state index contributed by atoms with van der Waals surface area (Å²) in [6.07, 6.45) is 5.66. The Balaban J connectivity index is 1.75. The summed E-state index contributed by atoms with van der Waals surface area (Å²) in [4.78, 5) is 15.3. The quantitative estimate of drug-likeness (QED) is 0.829. The highest BCUT2D eigenvalue weighted by Crippen LogP contribution is 2.36. The number of benzene rings is 1. The van der Waals surface area contributed by atoms with Gasteiger partial charge in [0.05, 0.1) is 12.3 Å². The second-order valence-electron chi connectivity index (χ2n) is 7.39. The largest absolute Gasteiger partial charge is 0.333 e. The highest BCUT2D eigenvalue weighted by Gasteiger charge is 2.38. The minimum absolute atomic E-state index is 0.0650. The van der Waals surface area contributed by atoms with Gasteiger partial charge in [0.25, 0.3) is 0 Å². The Morgan fingerprint density at radius 3 is 2.28 bits per heavy atom. The van der Waals surface area contributed by atoms with E-state index in [9.17, 15) is 13.2 Å². The molecule has 0 saturated carbocycles. The van der Waals surface area contributed by atoms with Crippen molar-refractivity contribution in [3.05, 3.63) is 35.9 Å². The summed E-state index contributed by atoms with van der Waals surface area (Å²) in [6, 6.07) is 10.7. The predicted molar refractivity (Wildman–Crippen MR) is 98.5 cm³/mol. The molecule has 25 heavy (non-hydrogen) atoms. The Labute approximate surface area is 151 Å². The summed E-state index contributed by atoms with van der Waals surface area (Å²) in [5.41, 5.74) is 1.20. The Hall–Kier alpha value is -1.40. The van der Waals surface area contributed by atoms with E-state index in [1.807, 2.05) is 18.2 Å². The summed E-state index contributed by atoms with van der Waals surface area (Å²) in [5.74, 6) is 0.138. The molecule has 0 N–H and O–H groups in total. The van der Waals surface area contributed by atoms with E-state index in [0.29, 0.717) is 25.9 Å². The van der Waals surface area contributed by atoms with Crippen LogP contribution in [0.5, 0.6) is 0 Å². The normalized spacial score (nSPS) is 26.6. The summed E-state index contributed by atoms with van der Waals surface area (Å²) < 4.78 is 24.9. The highest BCUT2D eigenvalue weighted by molar-refractivity contribution is 7.88. The van der Waals surface area contributed by atoms with Gasteiger partial charge in [0.1, 0.15) is 0 Å². The molecule has 0 bridgehead atoms. The van der Waals surface area contributed by atoms with E-state index in [1.165, 1.54) is 16.1 Å². The number of sulfonamides is 1. The predicted octanol–water partition coefficient (Wildman–Crippen LogP) is 2.80. The first-order chi connectivity index (χ1) is 11.9. The molecule has 2 aliphatic rings. The van der Waals surface area contributed by atoms with Crippen molar-refractivity contribution in [2.24, 2.45) is 5.92 Å². The van der Waals surface area contributed by atoms with E-state index in [-0.39, 0.29) is 23.9 Å². The zero-order valence-electron chi connectivity index (χ0n) is 15.1. The maximum atomic E-state index is 13.3. The third-order valence-corrected chi connectivity index (χ3v) is 6.92. The number of rotatable bonds is 3. The third-order valence-electron chi connectivity index (χ3n) is 5.62. The first kappa shape index (κ1) is 18.4. The molecule has 0 radical (unpaired) electrons. The van der Waals surface area contributed by atoms with Crippen molar-refractivity contribution in [2.45, 2.75) is 51.1 Å². The molecule has 2 atom stereocenters. The molecule has 2 fully saturated rings. The fourth-order valence-electron chi connectivity index (χ4n) is 4.21. The van der Waals surface area contributed by atoms with Crippen LogP contribution in [0.2, 0.25) is 0 Å². The zero-order valence-corrected chi connectivity index (χ0v) is 15.9. The molecule has 0 spiro atoms. The Morgan fingerprint density at radius 1 is 1.04 bits per heavy atom. The maximum absolute atomic E-state index is 13.3. The summed E-state index contributed by atoms with van der Waals surface area (Å²) >= 11 is 0. The van der Waals surface area contributed by atoms with Gasteiger partial charge in [-0.1, -0.05) is 30.3 Å². The number of likely N-dealkylation sites (tertiary alicyclic amines) is 1. The standard InChI is InChI=1S/C19H28N2O3S/c1-15-7-6-10-18(16-8-4-3-5-9-16)21(15)19(22)17-11-13-20(14-12-17)25(2,23)24/h3-5,8-9,15,17-18H,6-7,10-14H2,1-2H3/t15-,18+/m1/s1. The minimum Gasteiger partial charge on any atom is -0.333 e. The van der Waals surface area contributed by atoms with Crippen molar-refractivity contribution in [3.8, 4) is 0 Å². The number of amides is 1. The molecule has 6 heteroatoms. The van der Waals surface area contributed by atoms with E-state index in [2.05, 4.69) is 24.0 Å². The van der Waals surface area contributed by atoms with Crippen LogP contribution in [0.15, 0.2) is 30.3 Å². The summed E-state index contributed by atoms with van der Waals surface area (Å²) in [6.45, 7) is 3.04. The maximum Gasteiger partial charge on any atom is 0.226 e. The van der Waals surface area contributed by atoms with Gasteiger partial charge in [-0.15, -0.1) is 0 Å². The summed E-state index contributed by atoms with van der Waals surface area (Å²) in [7, 11) is -3.16. The van der Waals surface area contributed by atoms with Crippen LogP contribution in [-0.2, 0) is 14.8 Å². The highest BCUT2D eigenvalue weighted by atomic mass is 32.2. The number of carbonyl (C=O) groups is 1. The Kier molecular flexibility index (Phi) is 5.49. The molecule has 1 aromatic carbocycles. The van der Waals surface area contributed by atoms with Crippen molar-refractivity contribution in [2.75, 3.05) is 19.3 Å². The van der Waals surface area contributed by atoms with E-state index in [0.717, 1.165) is 19.3 Å². The van der Waals surface area contributed by atoms with Gasteiger partial charge in [-0.2, -0.15) is 0 Å². The van der Waals surface area contributed by atoms with Crippen LogP contribution in [0, 0.1) is 5.92 Å². The molecule has 2 aliphatic heterocycles. The number of hydrogen-bond acceptors (Lipinski definition) is 3. The lowest BCUT2D eigenvalue weighted by molar-refractivity contribution is -0.143. The number of hydrogen-bond donors (Lipinski definition) is 0. The lowest BCUT2D eigenvalue weighted by atomic mass is 9.88. The molecular weight excluding hydrogens is 336 g/mol. The minimum atomic E-state index is -3.16. The molecule has 3 rings (SSSR count). The van der Waals surface area contributed by atoms with Crippen LogP contribution in [0.1, 0.15) is 50.6 Å². The van der Waals surface area contributed by atoms with Gasteiger partial charge >= 0.3 is 0 Å². The second-order valence-corrected chi connectivity index (χ2v) is 9.37. The topological polar surface area (TPSA) is 57.7 Å². The monoisotopic (exact) mass is 364 g/mol. The van der Waals surface area contributed by atoms with Gasteiger partial charge < -0.3 is 4.90 Å². The average Bonchev–Trinajstić information content (AvgIpc) is 2.61. The van der Waals surface area contributed by atoms with E-state index >= 15 is 0 Å². The molecule has 5 nitrogen and oxygen atoms in total. The van der Waals surface area contributed by atoms with Crippen LogP contribution < -0.4 is 0 Å². The molecule has 1 aromatic rings. The van der Waals surface area contributed by atoms with Gasteiger partial charge in [-0.25, -0.2) is 12.7 Å². The van der Waals surface area contributed by atoms with Gasteiger partial charge in [-0.3, -0.25) is 4.79 Å². The molecule has 0 aliphatic carbocycles. The van der Waals surface area contributed by atoms with E-state index < -0.39 is 10.0 Å². The Morgan fingerprint density at radius 2 is 1.68 bits per heavy atom. The van der Waals surface area contributed by atoms with E-state index in [1.54, 1.807) is 0 Å². The third kappa shape index (κ3) is 4.06. The number of piperidine rings is 2. The zero-order chi connectivity index (χ0) is 18.0. The number of carbonyl (C=O) groups excluding carboxylic acids is 1. The smallest absolute Gasteiger partial charge is 0.226 e. The van der Waals surface area contributed by atoms with Gasteiger partial charge in [0.2, 0.25) is 15.9 Å². The van der Waals surface area contributed by atoms with Crippen LogP contribution in [0.25, 0.3) is 0 Å². The van der Waals surface area contributed by atoms with Crippen molar-refractivity contribution in [3.63, 3.8) is 0 Å². The van der Waals surface area contributed by atoms with Crippen LogP contribution in [0.3, 0.4) is 0 Å². The molecule has 138 valence electrons. The van der Waals surface area contributed by atoms with Crippen molar-refractivity contribution in [1.29, 1.82) is 0 Å². The van der Waals surface area contributed by atoms with Crippen molar-refractivity contribution < 1.29 is 13.2 Å². The molecular formula is C19H28N2O3S. The summed E-state index contributed by atoms with van der Waals surface area (Å²) in [5, 5.41) is 0. The van der Waals surface area contributed by atoms with Crippen molar-refractivity contribution >= 4 is 15.9 Å². The molecule has 0 aromatic heterocycles. The van der Waals surface area contributed by atoms with Crippen molar-refractivity contribution in [1.82, 2.24) is 9.21 Å². The van der Waals surface area contributed by atoms with Crippen LogP contribution >= 0.6 is 0 Å². The SMILES string of the molecule is C[C@@H]1CCC[C@@H](c2ccccc2)N1C(=O)C1CCN(S(C)(=O)=O)CC1. The number of nitrogens with zero attached hydrogens (tertiary/aromatic N) is 2. The fourth-order valence-corrected chi connectivity index (χ4v) is 5.08. The molecule has 1 amide bonds. The second kappa shape index (κ2) is 7.46. The van der Waals surface area contributed by atoms with Gasteiger partial charge in [0, 0.05) is 25.0 Å². The lowest BCUT2D eigenvalue weighted by Crippen LogP contribution is -2.49. The van der Waals surface area contributed by atoms with Crippen LogP contribution in [-0.4, -0.2) is 48.9 Å². The van der Waals surface area contributed by atoms with Crippen LogP contribution in [0.4, 0.5) is 0 Å². The Bertz CT molecular complexity index is 697. The average molecular weight is 365 g/mol. The fraction of sp³-hybridized carbons (Fsp3) is 0.632. The molecule has 2 heterocycles. The van der Waals surface area contributed by atoms with E-state index in [4.69, 9.17) is 0 Å². The first-order valence-electron chi connectivity index (χ1n) is 9.20. The lowest BCUT2D eigenvalue weighted by Gasteiger charge is -2.43. The molecule has 2 saturated heterocycles. The van der Waals surface area contributed by atoms with Gasteiger partial charge in [-0.05, 0) is 44.6 Å². The van der Waals surface area contributed by atoms with Gasteiger partial charge in [0.15, 0.2) is 0 Å².